The minimum absolute atomic E-state index is 0.0174. The molecule has 2 fully saturated rings. The van der Waals surface area contributed by atoms with Gasteiger partial charge >= 0.3 is 0 Å². The van der Waals surface area contributed by atoms with Crippen molar-refractivity contribution in [3.63, 3.8) is 0 Å². The van der Waals surface area contributed by atoms with Crippen LogP contribution in [0, 0.1) is 0 Å². The van der Waals surface area contributed by atoms with Crippen molar-refractivity contribution >= 4 is 0 Å². The molecule has 0 bridgehead atoms. The Morgan fingerprint density at radius 3 is 2.69 bits per heavy atom. The lowest BCUT2D eigenvalue weighted by molar-refractivity contribution is -0.352. The van der Waals surface area contributed by atoms with E-state index >= 15 is 0 Å². The zero-order valence-electron chi connectivity index (χ0n) is 9.34. The second-order valence-corrected chi connectivity index (χ2v) is 4.62. The van der Waals surface area contributed by atoms with Crippen LogP contribution in [0.15, 0.2) is 0 Å². The summed E-state index contributed by atoms with van der Waals surface area (Å²) < 4.78 is 11.3. The van der Waals surface area contributed by atoms with Crippen LogP contribution in [0.5, 0.6) is 0 Å². The summed E-state index contributed by atoms with van der Waals surface area (Å²) in [6.45, 7) is 0.569. The number of aliphatic hydroxyl groups is 3. The van der Waals surface area contributed by atoms with Crippen LogP contribution in [0.1, 0.15) is 32.1 Å². The Morgan fingerprint density at radius 2 is 2.06 bits per heavy atom. The van der Waals surface area contributed by atoms with E-state index in [2.05, 4.69) is 0 Å². The van der Waals surface area contributed by atoms with Crippen LogP contribution in [0.3, 0.4) is 0 Å². The summed E-state index contributed by atoms with van der Waals surface area (Å²) in [4.78, 5) is 0. The molecular weight excluding hydrogens is 212 g/mol. The van der Waals surface area contributed by atoms with Crippen molar-refractivity contribution in [2.45, 2.75) is 56.2 Å². The molecule has 0 saturated carbocycles. The Kier molecular flexibility index (Phi) is 3.81. The van der Waals surface area contributed by atoms with Gasteiger partial charge in [0.2, 0.25) is 0 Å². The number of hydrogen-bond acceptors (Lipinski definition) is 5. The van der Waals surface area contributed by atoms with Crippen molar-refractivity contribution in [2.24, 2.45) is 0 Å². The van der Waals surface area contributed by atoms with Crippen LogP contribution in [-0.4, -0.2) is 52.6 Å². The highest BCUT2D eigenvalue weighted by molar-refractivity contribution is 4.93. The normalized spacial score (nSPS) is 44.8. The van der Waals surface area contributed by atoms with E-state index in [1.165, 1.54) is 0 Å². The molecule has 2 aliphatic rings. The highest BCUT2D eigenvalue weighted by atomic mass is 16.7. The maximum Gasteiger partial charge on any atom is 0.197 e. The van der Waals surface area contributed by atoms with Gasteiger partial charge in [0.1, 0.15) is 6.10 Å². The molecule has 0 radical (unpaired) electrons. The van der Waals surface area contributed by atoms with E-state index in [1.54, 1.807) is 0 Å². The first-order valence-corrected chi connectivity index (χ1v) is 5.97. The van der Waals surface area contributed by atoms with Crippen molar-refractivity contribution in [2.75, 3.05) is 13.2 Å². The first kappa shape index (κ1) is 12.3. The lowest BCUT2D eigenvalue weighted by atomic mass is 9.89. The summed E-state index contributed by atoms with van der Waals surface area (Å²) in [6, 6.07) is 0. The Hall–Kier alpha value is -0.200. The Balaban J connectivity index is 2.08. The molecule has 4 atom stereocenters. The largest absolute Gasteiger partial charge is 0.396 e. The zero-order chi connectivity index (χ0) is 11.6. The van der Waals surface area contributed by atoms with E-state index in [0.29, 0.717) is 25.9 Å². The first-order valence-electron chi connectivity index (χ1n) is 5.97. The Morgan fingerprint density at radius 1 is 1.25 bits per heavy atom. The third-order valence-electron chi connectivity index (χ3n) is 3.40. The molecule has 2 saturated heterocycles. The van der Waals surface area contributed by atoms with Crippen molar-refractivity contribution < 1.29 is 24.8 Å². The predicted molar refractivity (Wildman–Crippen MR) is 55.7 cm³/mol. The third kappa shape index (κ3) is 2.24. The summed E-state index contributed by atoms with van der Waals surface area (Å²) in [5.41, 5.74) is 0. The second-order valence-electron chi connectivity index (χ2n) is 4.62. The summed E-state index contributed by atoms with van der Waals surface area (Å²) in [5, 5.41) is 28.7. The van der Waals surface area contributed by atoms with Crippen LogP contribution < -0.4 is 0 Å². The van der Waals surface area contributed by atoms with Gasteiger partial charge in [0.25, 0.3) is 0 Å². The summed E-state index contributed by atoms with van der Waals surface area (Å²) in [5.74, 6) is -1.05. The molecule has 5 nitrogen and oxygen atoms in total. The van der Waals surface area contributed by atoms with Gasteiger partial charge in [-0.05, 0) is 19.3 Å². The number of rotatable bonds is 2. The lowest BCUT2D eigenvalue weighted by Crippen LogP contribution is -2.60. The van der Waals surface area contributed by atoms with Crippen molar-refractivity contribution in [3.8, 4) is 0 Å². The molecule has 0 unspecified atom stereocenters. The molecule has 2 heterocycles. The average Bonchev–Trinajstić information content (AvgIpc) is 2.28. The van der Waals surface area contributed by atoms with Gasteiger partial charge in [0.15, 0.2) is 5.79 Å². The molecule has 0 aromatic heterocycles. The Bertz CT molecular complexity index is 226. The van der Waals surface area contributed by atoms with E-state index in [-0.39, 0.29) is 12.7 Å². The van der Waals surface area contributed by atoms with Gasteiger partial charge in [-0.3, -0.25) is 0 Å². The van der Waals surface area contributed by atoms with Crippen LogP contribution >= 0.6 is 0 Å². The topological polar surface area (TPSA) is 79.2 Å². The molecule has 2 aliphatic heterocycles. The fourth-order valence-corrected chi connectivity index (χ4v) is 2.53. The first-order chi connectivity index (χ1) is 7.68. The van der Waals surface area contributed by atoms with Gasteiger partial charge in [-0.2, -0.15) is 0 Å². The molecule has 94 valence electrons. The molecule has 5 heteroatoms. The molecule has 2 rings (SSSR count). The van der Waals surface area contributed by atoms with Gasteiger partial charge in [-0.1, -0.05) is 0 Å². The van der Waals surface area contributed by atoms with E-state index < -0.39 is 18.0 Å². The Labute approximate surface area is 95.0 Å². The molecule has 3 N–H and O–H groups in total. The van der Waals surface area contributed by atoms with Gasteiger partial charge < -0.3 is 24.8 Å². The molecule has 0 aromatic carbocycles. The number of hydrogen-bond donors (Lipinski definition) is 3. The predicted octanol–water partition coefficient (Wildman–Crippen LogP) is -0.224. The molecule has 1 spiro atoms. The van der Waals surface area contributed by atoms with Crippen molar-refractivity contribution in [3.05, 3.63) is 0 Å². The zero-order valence-corrected chi connectivity index (χ0v) is 9.34. The van der Waals surface area contributed by atoms with Crippen LogP contribution in [0.2, 0.25) is 0 Å². The summed E-state index contributed by atoms with van der Waals surface area (Å²) in [7, 11) is 0. The lowest BCUT2D eigenvalue weighted by Gasteiger charge is -2.48. The highest BCUT2D eigenvalue weighted by Gasteiger charge is 2.50. The van der Waals surface area contributed by atoms with Crippen molar-refractivity contribution in [1.82, 2.24) is 0 Å². The maximum atomic E-state index is 9.98. The SMILES string of the molecule is OCC[C@H]1C[C@H](O)[C@@H](O)[C@]2(CCCCO2)O1. The standard InChI is InChI=1S/C11H20O5/c12-5-3-8-7-9(13)10(14)11(16-8)4-1-2-6-15-11/h8-10,12-14H,1-7H2/t8-,9-,10+,11-/m0/s1. The molecular formula is C11H20O5. The van der Waals surface area contributed by atoms with Crippen LogP contribution in [0.4, 0.5) is 0 Å². The molecule has 0 amide bonds. The minimum atomic E-state index is -1.05. The van der Waals surface area contributed by atoms with Gasteiger partial charge in [-0.25, -0.2) is 0 Å². The van der Waals surface area contributed by atoms with E-state index in [1.807, 2.05) is 0 Å². The van der Waals surface area contributed by atoms with Gasteiger partial charge in [0.05, 0.1) is 18.8 Å². The van der Waals surface area contributed by atoms with E-state index in [9.17, 15) is 10.2 Å². The highest BCUT2D eigenvalue weighted by Crippen LogP contribution is 2.38. The maximum absolute atomic E-state index is 9.98. The minimum Gasteiger partial charge on any atom is -0.396 e. The van der Waals surface area contributed by atoms with Gasteiger partial charge in [-0.15, -0.1) is 0 Å². The van der Waals surface area contributed by atoms with Crippen LogP contribution in [0.25, 0.3) is 0 Å². The fraction of sp³-hybridized carbons (Fsp3) is 1.00. The average molecular weight is 232 g/mol. The summed E-state index contributed by atoms with van der Waals surface area (Å²) in [6.07, 6.45) is 1.26. The van der Waals surface area contributed by atoms with E-state index in [0.717, 1.165) is 12.8 Å². The molecule has 0 aromatic rings. The van der Waals surface area contributed by atoms with Crippen LogP contribution in [-0.2, 0) is 9.47 Å². The number of aliphatic hydroxyl groups excluding tert-OH is 3. The third-order valence-corrected chi connectivity index (χ3v) is 3.40. The molecule has 0 aliphatic carbocycles. The van der Waals surface area contributed by atoms with E-state index in [4.69, 9.17) is 14.6 Å². The summed E-state index contributed by atoms with van der Waals surface area (Å²) >= 11 is 0. The number of ether oxygens (including phenoxy) is 2. The smallest absolute Gasteiger partial charge is 0.197 e. The quantitative estimate of drug-likeness (QED) is 0.613. The second kappa shape index (κ2) is 4.98. The monoisotopic (exact) mass is 232 g/mol. The van der Waals surface area contributed by atoms with Gasteiger partial charge in [0, 0.05) is 19.4 Å². The molecule has 16 heavy (non-hydrogen) atoms. The fourth-order valence-electron chi connectivity index (χ4n) is 2.53. The van der Waals surface area contributed by atoms with Crippen molar-refractivity contribution in [1.29, 1.82) is 0 Å².